The Morgan fingerprint density at radius 2 is 1.44 bits per heavy atom. The zero-order valence-corrected chi connectivity index (χ0v) is 25.7. The number of anilines is 1. The SMILES string of the molecule is CC(C(=O)NC1CCCCC1)N(Cc1c(Cl)cccc1Cl)C(=O)CN(c1ccccc1Cl)S(=O)(=O)c1ccccc1. The van der Waals surface area contributed by atoms with Crippen LogP contribution in [0.2, 0.25) is 15.1 Å². The number of nitrogens with zero attached hydrogens (tertiary/aromatic N) is 2. The second-order valence-electron chi connectivity index (χ2n) is 10.0. The first kappa shape index (κ1) is 31.2. The first-order valence-electron chi connectivity index (χ1n) is 13.4. The molecule has 1 N–H and O–H groups in total. The van der Waals surface area contributed by atoms with Crippen LogP contribution in [0.25, 0.3) is 0 Å². The summed E-state index contributed by atoms with van der Waals surface area (Å²) in [4.78, 5) is 28.8. The monoisotopic (exact) mass is 635 g/mol. The molecule has 1 unspecified atom stereocenters. The van der Waals surface area contributed by atoms with Crippen LogP contribution in [0, 0.1) is 0 Å². The average Bonchev–Trinajstić information content (AvgIpc) is 2.96. The van der Waals surface area contributed by atoms with Gasteiger partial charge in [0, 0.05) is 28.2 Å². The molecule has 3 aromatic carbocycles. The van der Waals surface area contributed by atoms with Gasteiger partial charge in [-0.25, -0.2) is 8.42 Å². The fourth-order valence-electron chi connectivity index (χ4n) is 4.89. The van der Waals surface area contributed by atoms with Crippen LogP contribution < -0.4 is 9.62 Å². The van der Waals surface area contributed by atoms with E-state index in [0.717, 1.165) is 36.4 Å². The number of carbonyl (C=O) groups is 2. The van der Waals surface area contributed by atoms with E-state index >= 15 is 0 Å². The third-order valence-corrected chi connectivity index (χ3v) is 10.0. The standard InChI is InChI=1S/C30H32Cl3N3O4S/c1-21(30(38)34-22-11-4-2-5-12-22)35(19-24-25(31)16-10-17-26(24)32)29(37)20-36(28-18-9-8-15-27(28)33)41(39,40)23-13-6-3-7-14-23/h3,6-10,13-18,21-22H,2,4-5,11-12,19-20H2,1H3,(H,34,38). The molecule has 1 aliphatic carbocycles. The van der Waals surface area contributed by atoms with Crippen molar-refractivity contribution in [3.63, 3.8) is 0 Å². The molecule has 2 amide bonds. The lowest BCUT2D eigenvalue weighted by Crippen LogP contribution is -2.53. The van der Waals surface area contributed by atoms with Gasteiger partial charge in [-0.1, -0.05) is 90.5 Å². The van der Waals surface area contributed by atoms with E-state index in [-0.39, 0.29) is 34.1 Å². The number of nitrogens with one attached hydrogen (secondary N) is 1. The molecule has 0 aliphatic heterocycles. The average molecular weight is 637 g/mol. The zero-order valence-electron chi connectivity index (χ0n) is 22.6. The van der Waals surface area contributed by atoms with Gasteiger partial charge in [0.2, 0.25) is 11.8 Å². The summed E-state index contributed by atoms with van der Waals surface area (Å²) in [7, 11) is -4.21. The number of hydrogen-bond donors (Lipinski definition) is 1. The van der Waals surface area contributed by atoms with E-state index in [2.05, 4.69) is 5.32 Å². The Balaban J connectivity index is 1.71. The Kier molecular flexibility index (Phi) is 10.6. The number of benzene rings is 3. The molecule has 41 heavy (non-hydrogen) atoms. The molecule has 1 saturated carbocycles. The molecule has 0 aromatic heterocycles. The van der Waals surface area contributed by atoms with Crippen LogP contribution >= 0.6 is 34.8 Å². The van der Waals surface area contributed by atoms with E-state index in [1.807, 2.05) is 0 Å². The molecule has 7 nitrogen and oxygen atoms in total. The molecule has 4 rings (SSSR count). The van der Waals surface area contributed by atoms with Crippen LogP contribution in [0.5, 0.6) is 0 Å². The van der Waals surface area contributed by atoms with Gasteiger partial charge in [-0.2, -0.15) is 0 Å². The largest absolute Gasteiger partial charge is 0.352 e. The Morgan fingerprint density at radius 1 is 0.854 bits per heavy atom. The van der Waals surface area contributed by atoms with E-state index in [0.29, 0.717) is 15.6 Å². The minimum Gasteiger partial charge on any atom is -0.352 e. The predicted octanol–water partition coefficient (Wildman–Crippen LogP) is 6.71. The summed E-state index contributed by atoms with van der Waals surface area (Å²) in [6.45, 7) is 0.911. The number of amides is 2. The fourth-order valence-corrected chi connectivity index (χ4v) is 7.15. The van der Waals surface area contributed by atoms with Crippen LogP contribution in [0.15, 0.2) is 77.7 Å². The highest BCUT2D eigenvalue weighted by atomic mass is 35.5. The highest BCUT2D eigenvalue weighted by molar-refractivity contribution is 7.92. The van der Waals surface area contributed by atoms with Gasteiger partial charge >= 0.3 is 0 Å². The smallest absolute Gasteiger partial charge is 0.264 e. The molecule has 0 heterocycles. The Morgan fingerprint density at radius 3 is 2.07 bits per heavy atom. The number of hydrogen-bond acceptors (Lipinski definition) is 4. The van der Waals surface area contributed by atoms with E-state index < -0.39 is 28.5 Å². The summed E-state index contributed by atoms with van der Waals surface area (Å²) in [5.41, 5.74) is 0.595. The summed E-state index contributed by atoms with van der Waals surface area (Å²) < 4.78 is 28.7. The third-order valence-electron chi connectivity index (χ3n) is 7.24. The van der Waals surface area contributed by atoms with Crippen molar-refractivity contribution in [1.82, 2.24) is 10.2 Å². The van der Waals surface area contributed by atoms with E-state index in [4.69, 9.17) is 34.8 Å². The number of rotatable bonds is 10. The zero-order chi connectivity index (χ0) is 29.6. The van der Waals surface area contributed by atoms with E-state index in [1.54, 1.807) is 61.5 Å². The summed E-state index contributed by atoms with van der Waals surface area (Å²) in [6, 6.07) is 18.3. The molecule has 0 bridgehead atoms. The predicted molar refractivity (Wildman–Crippen MR) is 164 cm³/mol. The quantitative estimate of drug-likeness (QED) is 0.268. The minimum absolute atomic E-state index is 0.00323. The van der Waals surface area contributed by atoms with Gasteiger partial charge in [0.1, 0.15) is 12.6 Å². The van der Waals surface area contributed by atoms with Crippen molar-refractivity contribution >= 4 is 62.3 Å². The van der Waals surface area contributed by atoms with Crippen molar-refractivity contribution in [2.45, 2.75) is 62.6 Å². The van der Waals surface area contributed by atoms with Crippen LogP contribution in [0.3, 0.4) is 0 Å². The first-order valence-corrected chi connectivity index (χ1v) is 16.0. The molecule has 11 heteroatoms. The normalized spacial score (nSPS) is 14.7. The van der Waals surface area contributed by atoms with Gasteiger partial charge in [0.25, 0.3) is 10.0 Å². The lowest BCUT2D eigenvalue weighted by molar-refractivity contribution is -0.139. The Labute approximate surface area is 256 Å². The van der Waals surface area contributed by atoms with Crippen LogP contribution in [0.4, 0.5) is 5.69 Å². The Hall–Kier alpha value is -2.78. The van der Waals surface area contributed by atoms with Gasteiger partial charge in [0.15, 0.2) is 0 Å². The molecule has 1 atom stereocenters. The maximum absolute atomic E-state index is 14.1. The van der Waals surface area contributed by atoms with Crippen LogP contribution in [0.1, 0.15) is 44.6 Å². The molecule has 3 aromatic rings. The van der Waals surface area contributed by atoms with Crippen molar-refractivity contribution < 1.29 is 18.0 Å². The van der Waals surface area contributed by atoms with Crippen molar-refractivity contribution in [3.8, 4) is 0 Å². The van der Waals surface area contributed by atoms with E-state index in [1.165, 1.54) is 23.1 Å². The maximum Gasteiger partial charge on any atom is 0.264 e. The number of halogens is 3. The molecular formula is C30H32Cl3N3O4S. The number of carbonyl (C=O) groups excluding carboxylic acids is 2. The lowest BCUT2D eigenvalue weighted by Gasteiger charge is -2.33. The first-order chi connectivity index (χ1) is 19.6. The number of sulfonamides is 1. The van der Waals surface area contributed by atoms with Crippen LogP contribution in [-0.4, -0.2) is 43.8 Å². The summed E-state index contributed by atoms with van der Waals surface area (Å²) in [5, 5.41) is 3.88. The highest BCUT2D eigenvalue weighted by Gasteiger charge is 2.34. The summed E-state index contributed by atoms with van der Waals surface area (Å²) in [5.74, 6) is -0.949. The van der Waals surface area contributed by atoms with Crippen molar-refractivity contribution in [2.75, 3.05) is 10.8 Å². The minimum atomic E-state index is -4.21. The molecule has 0 spiro atoms. The molecule has 1 fully saturated rings. The van der Waals surface area contributed by atoms with Crippen LogP contribution in [-0.2, 0) is 26.2 Å². The maximum atomic E-state index is 14.1. The third kappa shape index (κ3) is 7.55. The lowest BCUT2D eigenvalue weighted by atomic mass is 9.95. The van der Waals surface area contributed by atoms with Crippen molar-refractivity contribution in [3.05, 3.63) is 93.4 Å². The molecule has 218 valence electrons. The molecule has 1 aliphatic rings. The second-order valence-corrected chi connectivity index (χ2v) is 13.1. The summed E-state index contributed by atoms with van der Waals surface area (Å²) >= 11 is 19.3. The van der Waals surface area contributed by atoms with Gasteiger partial charge in [0.05, 0.1) is 15.6 Å². The molecular weight excluding hydrogens is 605 g/mol. The van der Waals surface area contributed by atoms with E-state index in [9.17, 15) is 18.0 Å². The van der Waals surface area contributed by atoms with Gasteiger partial charge in [-0.3, -0.25) is 13.9 Å². The van der Waals surface area contributed by atoms with Crippen molar-refractivity contribution in [2.24, 2.45) is 0 Å². The molecule has 0 radical (unpaired) electrons. The Bertz CT molecular complexity index is 1460. The number of para-hydroxylation sites is 1. The van der Waals surface area contributed by atoms with Gasteiger partial charge in [-0.05, 0) is 56.2 Å². The highest BCUT2D eigenvalue weighted by Crippen LogP contribution is 2.32. The van der Waals surface area contributed by atoms with Crippen molar-refractivity contribution in [1.29, 1.82) is 0 Å². The molecule has 0 saturated heterocycles. The second kappa shape index (κ2) is 13.9. The topological polar surface area (TPSA) is 86.8 Å². The fraction of sp³-hybridized carbons (Fsp3) is 0.333. The summed E-state index contributed by atoms with van der Waals surface area (Å²) in [6.07, 6.45) is 4.94. The van der Waals surface area contributed by atoms with Gasteiger partial charge in [-0.15, -0.1) is 0 Å². The van der Waals surface area contributed by atoms with Gasteiger partial charge < -0.3 is 10.2 Å².